The zero-order valence-corrected chi connectivity index (χ0v) is 19.7. The summed E-state index contributed by atoms with van der Waals surface area (Å²) < 4.78 is 27.8. The summed E-state index contributed by atoms with van der Waals surface area (Å²) in [6.07, 6.45) is 2.93. The van der Waals surface area contributed by atoms with Crippen LogP contribution in [0.15, 0.2) is 47.4 Å². The molecule has 2 aromatic carbocycles. The van der Waals surface area contributed by atoms with Crippen LogP contribution >= 0.6 is 0 Å². The third-order valence-electron chi connectivity index (χ3n) is 5.81. The monoisotopic (exact) mass is 457 g/mol. The molecule has 1 aliphatic heterocycles. The molecule has 2 amide bonds. The summed E-state index contributed by atoms with van der Waals surface area (Å²) in [5, 5.41) is 5.27. The van der Waals surface area contributed by atoms with Crippen molar-refractivity contribution in [2.45, 2.75) is 57.4 Å². The Morgan fingerprint density at radius 3 is 2.38 bits per heavy atom. The van der Waals surface area contributed by atoms with Crippen LogP contribution in [0.25, 0.3) is 0 Å². The van der Waals surface area contributed by atoms with E-state index in [2.05, 4.69) is 10.6 Å². The van der Waals surface area contributed by atoms with Gasteiger partial charge in [-0.2, -0.15) is 4.31 Å². The number of hydrogen-bond donors (Lipinski definition) is 2. The second-order valence-corrected chi connectivity index (χ2v) is 10.3. The number of hydrogen-bond acceptors (Lipinski definition) is 4. The van der Waals surface area contributed by atoms with Gasteiger partial charge in [0.2, 0.25) is 10.0 Å². The zero-order chi connectivity index (χ0) is 23.3. The lowest BCUT2D eigenvalue weighted by molar-refractivity contribution is -0.136. The molecule has 0 saturated carbocycles. The SMILES string of the molecule is Cc1ccc(S(=O)(=O)N2CCCC[C@H]2CCNC(=O)C(=O)Nc2cc(C)ccc2C)cc1. The Morgan fingerprint density at radius 1 is 0.969 bits per heavy atom. The fraction of sp³-hybridized carbons (Fsp3) is 0.417. The van der Waals surface area contributed by atoms with Gasteiger partial charge in [0, 0.05) is 24.8 Å². The van der Waals surface area contributed by atoms with Crippen LogP contribution in [0.2, 0.25) is 0 Å². The van der Waals surface area contributed by atoms with Crippen molar-refractivity contribution in [2.75, 3.05) is 18.4 Å². The summed E-state index contributed by atoms with van der Waals surface area (Å²) >= 11 is 0. The van der Waals surface area contributed by atoms with Gasteiger partial charge in [-0.25, -0.2) is 8.42 Å². The van der Waals surface area contributed by atoms with Gasteiger partial charge >= 0.3 is 11.8 Å². The molecule has 1 fully saturated rings. The maximum absolute atomic E-state index is 13.2. The fourth-order valence-corrected chi connectivity index (χ4v) is 5.63. The molecular formula is C24H31N3O4S. The number of amides is 2. The van der Waals surface area contributed by atoms with E-state index in [9.17, 15) is 18.0 Å². The molecule has 8 heteroatoms. The molecule has 2 N–H and O–H groups in total. The molecule has 0 radical (unpaired) electrons. The van der Waals surface area contributed by atoms with Crippen LogP contribution in [-0.4, -0.2) is 43.7 Å². The van der Waals surface area contributed by atoms with Crippen molar-refractivity contribution in [3.63, 3.8) is 0 Å². The van der Waals surface area contributed by atoms with Crippen molar-refractivity contribution < 1.29 is 18.0 Å². The molecule has 1 atom stereocenters. The third-order valence-corrected chi connectivity index (χ3v) is 7.78. The Balaban J connectivity index is 1.58. The summed E-state index contributed by atoms with van der Waals surface area (Å²) in [5.41, 5.74) is 3.46. The zero-order valence-electron chi connectivity index (χ0n) is 18.8. The highest BCUT2D eigenvalue weighted by atomic mass is 32.2. The first-order chi connectivity index (χ1) is 15.2. The number of benzene rings is 2. The topological polar surface area (TPSA) is 95.6 Å². The summed E-state index contributed by atoms with van der Waals surface area (Å²) in [7, 11) is -3.60. The van der Waals surface area contributed by atoms with Crippen LogP contribution < -0.4 is 10.6 Å². The summed E-state index contributed by atoms with van der Waals surface area (Å²) in [6.45, 7) is 6.37. The van der Waals surface area contributed by atoms with Crippen LogP contribution in [-0.2, 0) is 19.6 Å². The van der Waals surface area contributed by atoms with Crippen molar-refractivity contribution in [1.29, 1.82) is 0 Å². The Kier molecular flexibility index (Phi) is 7.69. The molecule has 2 aromatic rings. The van der Waals surface area contributed by atoms with Crippen molar-refractivity contribution in [3.05, 3.63) is 59.2 Å². The number of nitrogens with zero attached hydrogens (tertiary/aromatic N) is 1. The summed E-state index contributed by atoms with van der Waals surface area (Å²) in [5.74, 6) is -1.46. The third kappa shape index (κ3) is 5.75. The van der Waals surface area contributed by atoms with E-state index < -0.39 is 21.8 Å². The van der Waals surface area contributed by atoms with Crippen molar-refractivity contribution in [3.8, 4) is 0 Å². The minimum absolute atomic E-state index is 0.211. The number of carbonyl (C=O) groups is 2. The average molecular weight is 458 g/mol. The number of sulfonamides is 1. The first kappa shape index (κ1) is 23.9. The number of carbonyl (C=O) groups excluding carboxylic acids is 2. The average Bonchev–Trinajstić information content (AvgIpc) is 2.76. The minimum Gasteiger partial charge on any atom is -0.348 e. The minimum atomic E-state index is -3.60. The van der Waals surface area contributed by atoms with Gasteiger partial charge in [-0.05, 0) is 69.4 Å². The molecule has 0 spiro atoms. The van der Waals surface area contributed by atoms with Gasteiger partial charge in [-0.3, -0.25) is 9.59 Å². The maximum Gasteiger partial charge on any atom is 0.313 e. The van der Waals surface area contributed by atoms with Gasteiger partial charge in [0.05, 0.1) is 4.90 Å². The lowest BCUT2D eigenvalue weighted by Gasteiger charge is -2.34. The van der Waals surface area contributed by atoms with Crippen molar-refractivity contribution >= 4 is 27.5 Å². The molecular weight excluding hydrogens is 426 g/mol. The van der Waals surface area contributed by atoms with Gasteiger partial charge in [0.1, 0.15) is 0 Å². The molecule has 0 aromatic heterocycles. The molecule has 0 aliphatic carbocycles. The molecule has 32 heavy (non-hydrogen) atoms. The van der Waals surface area contributed by atoms with E-state index in [1.165, 1.54) is 0 Å². The molecule has 3 rings (SSSR count). The molecule has 0 bridgehead atoms. The van der Waals surface area contributed by atoms with Crippen LogP contribution in [0.3, 0.4) is 0 Å². The smallest absolute Gasteiger partial charge is 0.313 e. The highest BCUT2D eigenvalue weighted by Crippen LogP contribution is 2.27. The van der Waals surface area contributed by atoms with E-state index in [0.29, 0.717) is 18.7 Å². The van der Waals surface area contributed by atoms with Crippen molar-refractivity contribution in [2.24, 2.45) is 0 Å². The number of aryl methyl sites for hydroxylation is 3. The van der Waals surface area contributed by atoms with E-state index in [1.807, 2.05) is 39.0 Å². The Bertz CT molecular complexity index is 1080. The maximum atomic E-state index is 13.2. The van der Waals surface area contributed by atoms with Gasteiger partial charge in [-0.15, -0.1) is 0 Å². The summed E-state index contributed by atoms with van der Waals surface area (Å²) in [6, 6.07) is 12.3. The first-order valence-electron chi connectivity index (χ1n) is 10.9. The lowest BCUT2D eigenvalue weighted by Crippen LogP contribution is -2.45. The standard InChI is InChI=1S/C24H31N3O4S/c1-17-8-11-21(12-9-17)32(30,31)27-15-5-4-6-20(27)13-14-25-23(28)24(29)26-22-16-18(2)7-10-19(22)3/h7-12,16,20H,4-6,13-15H2,1-3H3,(H,25,28)(H,26,29)/t20-/m0/s1. The number of piperidine rings is 1. The highest BCUT2D eigenvalue weighted by Gasteiger charge is 2.33. The first-order valence-corrected chi connectivity index (χ1v) is 12.4. The van der Waals surface area contributed by atoms with Crippen molar-refractivity contribution in [1.82, 2.24) is 9.62 Å². The van der Waals surface area contributed by atoms with Gasteiger partial charge in [0.25, 0.3) is 0 Å². The fourth-order valence-electron chi connectivity index (χ4n) is 3.91. The number of anilines is 1. The molecule has 1 saturated heterocycles. The predicted octanol–water partition coefficient (Wildman–Crippen LogP) is 3.30. The second kappa shape index (κ2) is 10.3. The molecule has 0 unspecified atom stereocenters. The van der Waals surface area contributed by atoms with Crippen LogP contribution in [0.5, 0.6) is 0 Å². The quantitative estimate of drug-likeness (QED) is 0.651. The number of nitrogens with one attached hydrogen (secondary N) is 2. The van der Waals surface area contributed by atoms with E-state index in [0.717, 1.165) is 36.0 Å². The van der Waals surface area contributed by atoms with Crippen LogP contribution in [0.1, 0.15) is 42.4 Å². The van der Waals surface area contributed by atoms with Crippen LogP contribution in [0, 0.1) is 20.8 Å². The van der Waals surface area contributed by atoms with E-state index in [1.54, 1.807) is 28.6 Å². The number of rotatable bonds is 6. The Labute approximate surface area is 190 Å². The lowest BCUT2D eigenvalue weighted by atomic mass is 10.0. The summed E-state index contributed by atoms with van der Waals surface area (Å²) in [4.78, 5) is 24.8. The van der Waals surface area contributed by atoms with E-state index in [-0.39, 0.29) is 17.5 Å². The highest BCUT2D eigenvalue weighted by molar-refractivity contribution is 7.89. The molecule has 1 aliphatic rings. The Morgan fingerprint density at radius 2 is 1.66 bits per heavy atom. The van der Waals surface area contributed by atoms with Gasteiger partial charge in [0.15, 0.2) is 0 Å². The Hall–Kier alpha value is -2.71. The van der Waals surface area contributed by atoms with E-state index >= 15 is 0 Å². The molecule has 7 nitrogen and oxygen atoms in total. The van der Waals surface area contributed by atoms with Crippen LogP contribution in [0.4, 0.5) is 5.69 Å². The second-order valence-electron chi connectivity index (χ2n) is 8.40. The molecule has 172 valence electrons. The van der Waals surface area contributed by atoms with Gasteiger partial charge < -0.3 is 10.6 Å². The normalized spacial score (nSPS) is 17.0. The predicted molar refractivity (Wildman–Crippen MR) is 125 cm³/mol. The molecule has 1 heterocycles. The largest absolute Gasteiger partial charge is 0.348 e. The van der Waals surface area contributed by atoms with Gasteiger partial charge in [-0.1, -0.05) is 36.2 Å². The van der Waals surface area contributed by atoms with E-state index in [4.69, 9.17) is 0 Å².